The van der Waals surface area contributed by atoms with Gasteiger partial charge in [-0.15, -0.1) is 0 Å². The molecule has 3 N–H and O–H groups in total. The van der Waals surface area contributed by atoms with E-state index in [0.717, 1.165) is 32.6 Å². The van der Waals surface area contributed by atoms with Gasteiger partial charge in [0.15, 0.2) is 17.0 Å². The number of benzene rings is 1. The number of rotatable bonds is 15. The summed E-state index contributed by atoms with van der Waals surface area (Å²) in [7, 11) is 0. The minimum absolute atomic E-state index is 0.132. The Morgan fingerprint density at radius 1 is 0.865 bits per heavy atom. The van der Waals surface area contributed by atoms with Crippen LogP contribution in [0.3, 0.4) is 0 Å². The number of ether oxygens (including phenoxy) is 5. The summed E-state index contributed by atoms with van der Waals surface area (Å²) < 4.78 is 25.8. The third-order valence-corrected chi connectivity index (χ3v) is 5.67. The predicted octanol–water partition coefficient (Wildman–Crippen LogP) is 4.76. The molecule has 0 saturated heterocycles. The largest absolute Gasteiger partial charge is 0.513 e. The van der Waals surface area contributed by atoms with E-state index in [-0.39, 0.29) is 31.1 Å². The van der Waals surface area contributed by atoms with E-state index in [1.807, 2.05) is 13.8 Å². The molecule has 11 heteroatoms. The van der Waals surface area contributed by atoms with E-state index in [0.29, 0.717) is 18.4 Å². The second kappa shape index (κ2) is 15.0. The minimum atomic E-state index is -2.04. The fraction of sp³-hybridized carbons (Fsp3) is 0.615. The Hall–Kier alpha value is -3.34. The molecule has 11 nitrogen and oxygen atoms in total. The monoisotopic (exact) mass is 525 g/mol. The van der Waals surface area contributed by atoms with Crippen LogP contribution in [0.2, 0.25) is 0 Å². The Bertz CT molecular complexity index is 930. The Kier molecular flexibility index (Phi) is 12.9. The van der Waals surface area contributed by atoms with Gasteiger partial charge < -0.3 is 34.5 Å². The molecule has 0 aliphatic heterocycles. The molecule has 0 bridgehead atoms. The number of unbranched alkanes of at least 4 members (excludes halogenated alkanes) is 4. The summed E-state index contributed by atoms with van der Waals surface area (Å²) in [6, 6.07) is 4.08. The quantitative estimate of drug-likeness (QED) is 0.140. The Balaban J connectivity index is 3.20. The number of carboxylic acid groups (broad SMARTS) is 1. The maximum Gasteiger partial charge on any atom is 0.513 e. The van der Waals surface area contributed by atoms with Crippen LogP contribution in [0.4, 0.5) is 9.59 Å². The molecule has 208 valence electrons. The van der Waals surface area contributed by atoms with E-state index in [4.69, 9.17) is 29.4 Å². The van der Waals surface area contributed by atoms with Gasteiger partial charge in [0, 0.05) is 13.3 Å². The molecule has 1 atom stereocenters. The topological polar surface area (TPSA) is 161 Å². The van der Waals surface area contributed by atoms with Gasteiger partial charge in [0.25, 0.3) is 0 Å². The van der Waals surface area contributed by atoms with Gasteiger partial charge in [-0.05, 0) is 44.4 Å². The smallest absolute Gasteiger partial charge is 0.480 e. The first kappa shape index (κ1) is 31.7. The summed E-state index contributed by atoms with van der Waals surface area (Å²) in [5, 5.41) is 9.88. The molecule has 0 aromatic heterocycles. The molecule has 1 rings (SSSR count). The van der Waals surface area contributed by atoms with Crippen molar-refractivity contribution >= 4 is 24.2 Å². The Labute approximate surface area is 217 Å². The van der Waals surface area contributed by atoms with Crippen molar-refractivity contribution in [3.8, 4) is 11.5 Å². The number of hydrogen-bond donors (Lipinski definition) is 2. The highest BCUT2D eigenvalue weighted by molar-refractivity contribution is 5.82. The number of nitrogens with two attached hydrogens (primary N) is 1. The van der Waals surface area contributed by atoms with E-state index in [1.165, 1.54) is 32.0 Å². The van der Waals surface area contributed by atoms with Crippen LogP contribution in [0.5, 0.6) is 11.5 Å². The average Bonchev–Trinajstić information content (AvgIpc) is 2.80. The zero-order valence-corrected chi connectivity index (χ0v) is 22.3. The molecule has 0 aliphatic carbocycles. The number of hydrogen-bond acceptors (Lipinski definition) is 10. The van der Waals surface area contributed by atoms with Crippen molar-refractivity contribution in [2.24, 2.45) is 5.73 Å². The van der Waals surface area contributed by atoms with Crippen LogP contribution in [-0.2, 0) is 30.2 Å². The zero-order valence-electron chi connectivity index (χ0n) is 22.3. The van der Waals surface area contributed by atoms with Gasteiger partial charge in [0.1, 0.15) is 5.60 Å². The lowest BCUT2D eigenvalue weighted by atomic mass is 9.78. The molecule has 0 unspecified atom stereocenters. The summed E-state index contributed by atoms with van der Waals surface area (Å²) in [4.78, 5) is 48.1. The normalized spacial score (nSPS) is 12.7. The molecule has 1 aromatic carbocycles. The number of carbonyl (C=O) groups is 4. The fourth-order valence-corrected chi connectivity index (χ4v) is 3.40. The zero-order chi connectivity index (χ0) is 28.1. The molecular formula is C26H39NO10. The van der Waals surface area contributed by atoms with Crippen molar-refractivity contribution in [1.29, 1.82) is 0 Å². The summed E-state index contributed by atoms with van der Waals surface area (Å²) in [6.45, 7) is 8.25. The highest BCUT2D eigenvalue weighted by atomic mass is 16.7. The third kappa shape index (κ3) is 10.3. The molecule has 37 heavy (non-hydrogen) atoms. The molecule has 0 radical (unpaired) electrons. The number of aliphatic carboxylic acids is 1. The lowest BCUT2D eigenvalue weighted by Crippen LogP contribution is -2.65. The van der Waals surface area contributed by atoms with Crippen molar-refractivity contribution in [2.45, 2.75) is 90.7 Å². The van der Waals surface area contributed by atoms with Crippen molar-refractivity contribution in [3.05, 3.63) is 23.8 Å². The van der Waals surface area contributed by atoms with Crippen LogP contribution in [-0.4, -0.2) is 53.7 Å². The molecule has 0 heterocycles. The van der Waals surface area contributed by atoms with Crippen molar-refractivity contribution in [2.75, 3.05) is 13.2 Å². The van der Waals surface area contributed by atoms with Gasteiger partial charge in [-0.1, -0.05) is 45.6 Å². The van der Waals surface area contributed by atoms with E-state index in [2.05, 4.69) is 0 Å². The van der Waals surface area contributed by atoms with Crippen LogP contribution in [0.15, 0.2) is 18.2 Å². The van der Waals surface area contributed by atoms with Gasteiger partial charge in [-0.25, -0.2) is 9.59 Å². The van der Waals surface area contributed by atoms with Gasteiger partial charge in [0.2, 0.25) is 0 Å². The van der Waals surface area contributed by atoms with Crippen molar-refractivity contribution in [1.82, 2.24) is 0 Å². The Morgan fingerprint density at radius 2 is 1.38 bits per heavy atom. The van der Waals surface area contributed by atoms with Gasteiger partial charge in [-0.2, -0.15) is 0 Å². The van der Waals surface area contributed by atoms with E-state index in [1.54, 1.807) is 0 Å². The van der Waals surface area contributed by atoms with Gasteiger partial charge >= 0.3 is 24.2 Å². The van der Waals surface area contributed by atoms with Crippen LogP contribution >= 0.6 is 0 Å². The first-order chi connectivity index (χ1) is 17.4. The van der Waals surface area contributed by atoms with Crippen molar-refractivity contribution < 1.29 is 48.0 Å². The molecule has 0 aliphatic rings. The number of carboxylic acids is 1. The second-order valence-corrected chi connectivity index (χ2v) is 9.15. The maximum absolute atomic E-state index is 12.3. The first-order valence-corrected chi connectivity index (χ1v) is 12.4. The van der Waals surface area contributed by atoms with E-state index < -0.39 is 35.4 Å². The minimum Gasteiger partial charge on any atom is -0.480 e. The molecule has 1 aromatic rings. The number of esters is 1. The molecule has 0 amide bonds. The third-order valence-electron chi connectivity index (χ3n) is 5.67. The molecular weight excluding hydrogens is 486 g/mol. The molecule has 0 saturated carbocycles. The van der Waals surface area contributed by atoms with Crippen LogP contribution in [0.25, 0.3) is 0 Å². The van der Waals surface area contributed by atoms with E-state index in [9.17, 15) is 24.3 Å². The summed E-state index contributed by atoms with van der Waals surface area (Å²) in [5.74, 6) is -2.43. The van der Waals surface area contributed by atoms with Crippen LogP contribution in [0, 0.1) is 0 Å². The summed E-state index contributed by atoms with van der Waals surface area (Å²) in [5.41, 5.74) is 2.90. The fourth-order valence-electron chi connectivity index (χ4n) is 3.40. The van der Waals surface area contributed by atoms with E-state index >= 15 is 0 Å². The highest BCUT2D eigenvalue weighted by Gasteiger charge is 2.51. The van der Waals surface area contributed by atoms with Crippen LogP contribution < -0.4 is 15.2 Å². The molecule has 0 spiro atoms. The van der Waals surface area contributed by atoms with Gasteiger partial charge in [0.05, 0.1) is 13.2 Å². The summed E-state index contributed by atoms with van der Waals surface area (Å²) in [6.07, 6.45) is 2.64. The predicted molar refractivity (Wildman–Crippen MR) is 134 cm³/mol. The summed E-state index contributed by atoms with van der Waals surface area (Å²) >= 11 is 0. The average molecular weight is 526 g/mol. The Morgan fingerprint density at radius 3 is 1.84 bits per heavy atom. The lowest BCUT2D eigenvalue weighted by Gasteiger charge is -2.39. The second-order valence-electron chi connectivity index (χ2n) is 9.15. The SMILES string of the molecule is CCCCCOC(=O)Oc1ccc(C[C@@](N)(C(=O)O)C(C)(C)OC(C)=O)cc1OC(=O)OCCCCC. The highest BCUT2D eigenvalue weighted by Crippen LogP contribution is 2.33. The van der Waals surface area contributed by atoms with Gasteiger partial charge in [-0.3, -0.25) is 9.59 Å². The van der Waals surface area contributed by atoms with Crippen LogP contribution in [0.1, 0.15) is 78.7 Å². The molecule has 0 fully saturated rings. The first-order valence-electron chi connectivity index (χ1n) is 12.4. The lowest BCUT2D eigenvalue weighted by molar-refractivity contribution is -0.170. The van der Waals surface area contributed by atoms with Crippen molar-refractivity contribution in [3.63, 3.8) is 0 Å². The number of carbonyl (C=O) groups excluding carboxylic acids is 3. The standard InChI is InChI=1S/C26H39NO10/c1-6-8-10-14-33-23(31)35-20-13-12-19(16-21(20)36-24(32)34-15-11-9-7-2)17-26(27,22(29)30)25(4,5)37-18(3)28/h12-13,16H,6-11,14-15,17,27H2,1-5H3,(H,29,30)/t26-/m1/s1. The maximum atomic E-state index is 12.3.